The highest BCUT2D eigenvalue weighted by atomic mass is 32.2. The Labute approximate surface area is 177 Å². The monoisotopic (exact) mass is 426 g/mol. The lowest BCUT2D eigenvalue weighted by Crippen LogP contribution is -2.15. The quantitative estimate of drug-likeness (QED) is 0.533. The van der Waals surface area contributed by atoms with E-state index in [1.54, 1.807) is 17.7 Å². The number of nitrogens with zero attached hydrogens (tertiary/aromatic N) is 2. The number of carbonyl (C=O) groups excluding carboxylic acids is 1. The summed E-state index contributed by atoms with van der Waals surface area (Å²) in [5, 5.41) is 4.40. The maximum atomic E-state index is 12.2. The molecule has 0 aliphatic heterocycles. The van der Waals surface area contributed by atoms with Crippen LogP contribution in [0.3, 0.4) is 0 Å². The third-order valence-corrected chi connectivity index (χ3v) is 6.03. The van der Waals surface area contributed by atoms with E-state index in [1.165, 1.54) is 6.26 Å². The van der Waals surface area contributed by atoms with Crippen molar-refractivity contribution in [2.24, 2.45) is 0 Å². The summed E-state index contributed by atoms with van der Waals surface area (Å²) in [6.45, 7) is 5.97. The molecule has 3 aromatic rings. The van der Waals surface area contributed by atoms with Crippen LogP contribution in [0.15, 0.2) is 53.4 Å². The first-order valence-corrected chi connectivity index (χ1v) is 11.8. The van der Waals surface area contributed by atoms with Crippen LogP contribution in [0.4, 0.5) is 0 Å². The van der Waals surface area contributed by atoms with Gasteiger partial charge in [-0.3, -0.25) is 9.48 Å². The van der Waals surface area contributed by atoms with E-state index in [1.807, 2.05) is 56.3 Å². The number of esters is 1. The van der Waals surface area contributed by atoms with Gasteiger partial charge in [0, 0.05) is 6.26 Å². The molecule has 0 saturated carbocycles. The Hall–Kier alpha value is -2.93. The van der Waals surface area contributed by atoms with Crippen molar-refractivity contribution < 1.29 is 17.9 Å². The second-order valence-corrected chi connectivity index (χ2v) is 9.14. The minimum Gasteiger partial charge on any atom is -0.465 e. The van der Waals surface area contributed by atoms with E-state index >= 15 is 0 Å². The maximum Gasteiger partial charge on any atom is 0.327 e. The van der Waals surface area contributed by atoms with E-state index in [0.717, 1.165) is 33.6 Å². The van der Waals surface area contributed by atoms with Crippen molar-refractivity contribution in [3.63, 3.8) is 0 Å². The van der Waals surface area contributed by atoms with Gasteiger partial charge in [-0.1, -0.05) is 43.3 Å². The maximum absolute atomic E-state index is 12.2. The molecule has 6 nitrogen and oxygen atoms in total. The molecule has 0 bridgehead atoms. The second kappa shape index (κ2) is 8.83. The number of hydrogen-bond acceptors (Lipinski definition) is 5. The number of aryl methyl sites for hydroxylation is 2. The Bertz CT molecular complexity index is 1160. The standard InChI is InChI=1S/C23H26N2O4S/c1-5-17-7-12-20(14-22(17)30(4,27)28)18-8-10-19(11-9-18)21-13-16(3)24-25(21)15-23(26)29-6-2/h7-14H,5-6,15H2,1-4H3. The van der Waals surface area contributed by atoms with Crippen molar-refractivity contribution in [3.8, 4) is 22.4 Å². The molecule has 0 N–H and O–H groups in total. The molecule has 1 heterocycles. The van der Waals surface area contributed by atoms with E-state index < -0.39 is 9.84 Å². The lowest BCUT2D eigenvalue weighted by Gasteiger charge is -2.11. The van der Waals surface area contributed by atoms with Crippen LogP contribution in [-0.4, -0.2) is 37.0 Å². The molecular formula is C23H26N2O4S. The molecule has 0 spiro atoms. The summed E-state index contributed by atoms with van der Waals surface area (Å²) in [5.74, 6) is -0.331. The van der Waals surface area contributed by atoms with Crippen LogP contribution in [0, 0.1) is 6.92 Å². The highest BCUT2D eigenvalue weighted by molar-refractivity contribution is 7.90. The molecule has 3 rings (SSSR count). The predicted molar refractivity (Wildman–Crippen MR) is 117 cm³/mol. The number of aromatic nitrogens is 2. The molecule has 1 aromatic heterocycles. The number of ether oxygens (including phenoxy) is 1. The average Bonchev–Trinajstić information content (AvgIpc) is 3.07. The van der Waals surface area contributed by atoms with Crippen molar-refractivity contribution >= 4 is 15.8 Å². The van der Waals surface area contributed by atoms with Crippen LogP contribution in [0.1, 0.15) is 25.1 Å². The molecule has 0 unspecified atom stereocenters. The molecule has 30 heavy (non-hydrogen) atoms. The van der Waals surface area contributed by atoms with Crippen LogP contribution in [0.5, 0.6) is 0 Å². The summed E-state index contributed by atoms with van der Waals surface area (Å²) in [6, 6.07) is 15.3. The number of rotatable bonds is 7. The first kappa shape index (κ1) is 21.8. The van der Waals surface area contributed by atoms with E-state index in [2.05, 4.69) is 5.10 Å². The zero-order valence-corrected chi connectivity index (χ0v) is 18.5. The van der Waals surface area contributed by atoms with Gasteiger partial charge in [0.05, 0.1) is 22.9 Å². The minimum absolute atomic E-state index is 0.0506. The minimum atomic E-state index is -3.30. The van der Waals surface area contributed by atoms with Crippen molar-refractivity contribution in [2.75, 3.05) is 12.9 Å². The summed E-state index contributed by atoms with van der Waals surface area (Å²) in [6.07, 6.45) is 1.90. The normalized spacial score (nSPS) is 11.5. The summed E-state index contributed by atoms with van der Waals surface area (Å²) in [7, 11) is -3.30. The topological polar surface area (TPSA) is 78.3 Å². The van der Waals surface area contributed by atoms with Gasteiger partial charge in [-0.15, -0.1) is 0 Å². The highest BCUT2D eigenvalue weighted by Crippen LogP contribution is 2.28. The van der Waals surface area contributed by atoms with Crippen LogP contribution in [0.2, 0.25) is 0 Å². The first-order chi connectivity index (χ1) is 14.2. The van der Waals surface area contributed by atoms with Gasteiger partial charge in [-0.05, 0) is 54.7 Å². The second-order valence-electron chi connectivity index (χ2n) is 7.16. The van der Waals surface area contributed by atoms with E-state index in [-0.39, 0.29) is 12.5 Å². The van der Waals surface area contributed by atoms with Crippen LogP contribution in [0.25, 0.3) is 22.4 Å². The number of benzene rings is 2. The third kappa shape index (κ3) is 4.79. The van der Waals surface area contributed by atoms with Gasteiger partial charge in [-0.2, -0.15) is 5.10 Å². The van der Waals surface area contributed by atoms with Crippen molar-refractivity contribution in [2.45, 2.75) is 38.6 Å². The van der Waals surface area contributed by atoms with E-state index in [4.69, 9.17) is 4.74 Å². The van der Waals surface area contributed by atoms with E-state index in [0.29, 0.717) is 17.9 Å². The largest absolute Gasteiger partial charge is 0.465 e. The molecule has 0 saturated heterocycles. The lowest BCUT2D eigenvalue weighted by molar-refractivity contribution is -0.144. The molecule has 0 aliphatic carbocycles. The van der Waals surface area contributed by atoms with Gasteiger partial charge in [0.1, 0.15) is 6.54 Å². The SMILES string of the molecule is CCOC(=O)Cn1nc(C)cc1-c1ccc(-c2ccc(CC)c(S(C)(=O)=O)c2)cc1. The van der Waals surface area contributed by atoms with Crippen LogP contribution in [-0.2, 0) is 32.3 Å². The molecule has 0 amide bonds. The fourth-order valence-corrected chi connectivity index (χ4v) is 4.46. The summed E-state index contributed by atoms with van der Waals surface area (Å²) >= 11 is 0. The van der Waals surface area contributed by atoms with Gasteiger partial charge in [0.2, 0.25) is 0 Å². The fourth-order valence-electron chi connectivity index (χ4n) is 3.43. The molecule has 2 aromatic carbocycles. The molecule has 0 aliphatic rings. The zero-order valence-electron chi connectivity index (χ0n) is 17.7. The fraction of sp³-hybridized carbons (Fsp3) is 0.304. The Morgan fingerprint density at radius 2 is 1.63 bits per heavy atom. The molecular weight excluding hydrogens is 400 g/mol. The first-order valence-electron chi connectivity index (χ1n) is 9.86. The molecule has 0 fully saturated rings. The Morgan fingerprint density at radius 3 is 2.23 bits per heavy atom. The lowest BCUT2D eigenvalue weighted by atomic mass is 10.0. The number of sulfone groups is 1. The Balaban J connectivity index is 1.94. The average molecular weight is 427 g/mol. The van der Waals surface area contributed by atoms with Crippen molar-refractivity contribution in [1.29, 1.82) is 0 Å². The highest BCUT2D eigenvalue weighted by Gasteiger charge is 2.15. The summed E-state index contributed by atoms with van der Waals surface area (Å²) in [5.41, 5.74) is 5.12. The van der Waals surface area contributed by atoms with Crippen molar-refractivity contribution in [1.82, 2.24) is 9.78 Å². The third-order valence-electron chi connectivity index (χ3n) is 4.85. The molecule has 0 atom stereocenters. The number of hydrogen-bond donors (Lipinski definition) is 0. The van der Waals surface area contributed by atoms with Gasteiger partial charge >= 0.3 is 5.97 Å². The van der Waals surface area contributed by atoms with Gasteiger partial charge in [-0.25, -0.2) is 8.42 Å². The Morgan fingerprint density at radius 1 is 1.00 bits per heavy atom. The van der Waals surface area contributed by atoms with Gasteiger partial charge < -0.3 is 4.74 Å². The molecule has 7 heteroatoms. The van der Waals surface area contributed by atoms with Crippen LogP contribution >= 0.6 is 0 Å². The summed E-state index contributed by atoms with van der Waals surface area (Å²) < 4.78 is 31.0. The van der Waals surface area contributed by atoms with Crippen molar-refractivity contribution in [3.05, 3.63) is 59.8 Å². The molecule has 0 radical (unpaired) electrons. The smallest absolute Gasteiger partial charge is 0.327 e. The van der Waals surface area contributed by atoms with Gasteiger partial charge in [0.25, 0.3) is 0 Å². The Kier molecular flexibility index (Phi) is 6.41. The molecule has 158 valence electrons. The van der Waals surface area contributed by atoms with Crippen LogP contribution < -0.4 is 0 Å². The van der Waals surface area contributed by atoms with E-state index in [9.17, 15) is 13.2 Å². The number of carbonyl (C=O) groups is 1. The zero-order chi connectivity index (χ0) is 21.9. The van der Waals surface area contributed by atoms with Gasteiger partial charge in [0.15, 0.2) is 9.84 Å². The summed E-state index contributed by atoms with van der Waals surface area (Å²) in [4.78, 5) is 12.2. The predicted octanol–water partition coefficient (Wildman–Crippen LogP) is 4.05.